The molecule has 0 aliphatic rings. The number of fused-ring (bicyclic) bond motifs is 1. The molecule has 1 aromatic carbocycles. The molecule has 3 heterocycles. The number of carbonyl (C=O) groups excluding carboxylic acids is 1. The topological polar surface area (TPSA) is 76.9 Å². The van der Waals surface area contributed by atoms with E-state index < -0.39 is 17.2 Å². The molecule has 4 rings (SSSR count). The third-order valence-electron chi connectivity index (χ3n) is 4.84. The first kappa shape index (κ1) is 19.4. The second kappa shape index (κ2) is 8.65. The number of para-hydroxylation sites is 1. The average Bonchev–Trinajstić information content (AvgIpc) is 2.77. The molecule has 1 amide bonds. The third-order valence-corrected chi connectivity index (χ3v) is 4.84. The lowest BCUT2D eigenvalue weighted by molar-refractivity contribution is 0.0952. The van der Waals surface area contributed by atoms with Gasteiger partial charge >= 0.3 is 0 Å². The van der Waals surface area contributed by atoms with Crippen molar-refractivity contribution in [3.8, 4) is 0 Å². The average molecular weight is 402 g/mol. The Hall–Kier alpha value is -3.87. The lowest BCUT2D eigenvalue weighted by Gasteiger charge is -2.14. The van der Waals surface area contributed by atoms with E-state index in [0.717, 1.165) is 11.1 Å². The van der Waals surface area contributed by atoms with Crippen LogP contribution in [0, 0.1) is 5.82 Å². The van der Waals surface area contributed by atoms with Crippen molar-refractivity contribution in [2.24, 2.45) is 0 Å². The number of nitrogens with one attached hydrogen (secondary N) is 1. The molecule has 0 fully saturated rings. The number of pyridine rings is 3. The Bertz CT molecular complexity index is 1240. The van der Waals surface area contributed by atoms with Gasteiger partial charge in [0.1, 0.15) is 11.4 Å². The summed E-state index contributed by atoms with van der Waals surface area (Å²) in [6, 6.07) is 11.7. The molecule has 6 nitrogen and oxygen atoms in total. The number of nitrogens with zero attached hydrogens (tertiary/aromatic N) is 3. The monoisotopic (exact) mass is 402 g/mol. The summed E-state index contributed by atoms with van der Waals surface area (Å²) in [7, 11) is 0. The van der Waals surface area contributed by atoms with Crippen molar-refractivity contribution in [2.45, 2.75) is 13.0 Å². The minimum absolute atomic E-state index is 0.0168. The Morgan fingerprint density at radius 2 is 1.63 bits per heavy atom. The van der Waals surface area contributed by atoms with Crippen LogP contribution in [0.2, 0.25) is 0 Å². The highest BCUT2D eigenvalue weighted by Gasteiger charge is 2.17. The lowest BCUT2D eigenvalue weighted by Crippen LogP contribution is -2.31. The van der Waals surface area contributed by atoms with Crippen LogP contribution in [0.15, 0.2) is 78.2 Å². The summed E-state index contributed by atoms with van der Waals surface area (Å²) in [5, 5.41) is 2.95. The van der Waals surface area contributed by atoms with Crippen molar-refractivity contribution < 1.29 is 9.18 Å². The molecule has 0 aliphatic carbocycles. The minimum Gasteiger partial charge on any atom is -0.352 e. The van der Waals surface area contributed by atoms with E-state index in [1.54, 1.807) is 41.5 Å². The molecule has 0 atom stereocenters. The van der Waals surface area contributed by atoms with Crippen LogP contribution < -0.4 is 10.7 Å². The first-order valence-electron chi connectivity index (χ1n) is 9.51. The minimum atomic E-state index is -0.511. The molecule has 0 spiro atoms. The van der Waals surface area contributed by atoms with Crippen LogP contribution in [0.4, 0.5) is 4.39 Å². The van der Waals surface area contributed by atoms with Gasteiger partial charge in [0, 0.05) is 49.5 Å². The van der Waals surface area contributed by atoms with Crippen molar-refractivity contribution in [1.29, 1.82) is 0 Å². The predicted octanol–water partition coefficient (Wildman–Crippen LogP) is 2.95. The Balaban J connectivity index is 1.66. The molecule has 1 N–H and O–H groups in total. The van der Waals surface area contributed by atoms with E-state index >= 15 is 0 Å². The molecular weight excluding hydrogens is 383 g/mol. The van der Waals surface area contributed by atoms with Gasteiger partial charge in [-0.1, -0.05) is 6.07 Å². The number of rotatable bonds is 6. The summed E-state index contributed by atoms with van der Waals surface area (Å²) < 4.78 is 16.2. The van der Waals surface area contributed by atoms with Crippen LogP contribution in [0.25, 0.3) is 10.9 Å². The number of halogens is 1. The number of benzene rings is 1. The Labute approximate surface area is 172 Å². The number of hydrogen-bond acceptors (Lipinski definition) is 4. The zero-order valence-corrected chi connectivity index (χ0v) is 16.1. The van der Waals surface area contributed by atoms with Gasteiger partial charge in [0.25, 0.3) is 5.91 Å². The van der Waals surface area contributed by atoms with Gasteiger partial charge in [-0.15, -0.1) is 0 Å². The van der Waals surface area contributed by atoms with Crippen LogP contribution in [0.3, 0.4) is 0 Å². The maximum atomic E-state index is 14.6. The first-order chi connectivity index (χ1) is 14.6. The smallest absolute Gasteiger partial charge is 0.256 e. The molecule has 0 saturated carbocycles. The second-order valence-electron chi connectivity index (χ2n) is 6.85. The summed E-state index contributed by atoms with van der Waals surface area (Å²) in [5.41, 5.74) is 1.57. The van der Waals surface area contributed by atoms with Crippen molar-refractivity contribution in [3.63, 3.8) is 0 Å². The maximum Gasteiger partial charge on any atom is 0.256 e. The van der Waals surface area contributed by atoms with E-state index in [2.05, 4.69) is 15.3 Å². The Morgan fingerprint density at radius 3 is 2.33 bits per heavy atom. The van der Waals surface area contributed by atoms with Gasteiger partial charge < -0.3 is 9.88 Å². The number of aromatic nitrogens is 3. The molecule has 4 aromatic rings. The number of amides is 1. The van der Waals surface area contributed by atoms with Crippen LogP contribution in [0.5, 0.6) is 0 Å². The van der Waals surface area contributed by atoms with Crippen LogP contribution in [-0.4, -0.2) is 27.0 Å². The van der Waals surface area contributed by atoms with E-state index in [1.165, 1.54) is 24.4 Å². The van der Waals surface area contributed by atoms with Crippen molar-refractivity contribution in [3.05, 3.63) is 106 Å². The van der Waals surface area contributed by atoms with Gasteiger partial charge in [0.15, 0.2) is 0 Å². The molecule has 150 valence electrons. The van der Waals surface area contributed by atoms with Gasteiger partial charge in [-0.05, 0) is 53.9 Å². The molecule has 7 heteroatoms. The zero-order valence-electron chi connectivity index (χ0n) is 16.1. The van der Waals surface area contributed by atoms with Gasteiger partial charge in [-0.25, -0.2) is 4.39 Å². The van der Waals surface area contributed by atoms with Gasteiger partial charge in [-0.3, -0.25) is 19.6 Å². The fraction of sp³-hybridized carbons (Fsp3) is 0.130. The van der Waals surface area contributed by atoms with Gasteiger partial charge in [0.2, 0.25) is 5.43 Å². The Kier molecular flexibility index (Phi) is 5.61. The summed E-state index contributed by atoms with van der Waals surface area (Å²) in [6.45, 7) is 0.672. The highest BCUT2D eigenvalue weighted by molar-refractivity contribution is 5.97. The lowest BCUT2D eigenvalue weighted by atomic mass is 10.1. The fourth-order valence-electron chi connectivity index (χ4n) is 3.35. The first-order valence-corrected chi connectivity index (χ1v) is 9.51. The second-order valence-corrected chi connectivity index (χ2v) is 6.85. The number of carbonyl (C=O) groups is 1. The molecule has 3 aromatic heterocycles. The number of hydrogen-bond donors (Lipinski definition) is 1. The van der Waals surface area contributed by atoms with E-state index in [4.69, 9.17) is 0 Å². The predicted molar refractivity (Wildman–Crippen MR) is 112 cm³/mol. The van der Waals surface area contributed by atoms with Crippen molar-refractivity contribution in [1.82, 2.24) is 19.9 Å². The fourth-order valence-corrected chi connectivity index (χ4v) is 3.35. The summed E-state index contributed by atoms with van der Waals surface area (Å²) in [5.74, 6) is -0.994. The summed E-state index contributed by atoms with van der Waals surface area (Å²) in [4.78, 5) is 33.6. The van der Waals surface area contributed by atoms with E-state index in [-0.39, 0.29) is 16.5 Å². The van der Waals surface area contributed by atoms with Crippen molar-refractivity contribution >= 4 is 16.8 Å². The normalized spacial score (nSPS) is 10.8. The standard InChI is InChI=1S/C23H19FN4O2/c24-20-3-1-2-18-21(20)28(14-17-6-11-26-12-7-17)15-19(22(18)29)23(30)27-13-8-16-4-9-25-10-5-16/h1-7,9-12,15H,8,13-14H2,(H,27,30). The molecule has 0 unspecified atom stereocenters. The quantitative estimate of drug-likeness (QED) is 0.538. The molecule has 0 radical (unpaired) electrons. The highest BCUT2D eigenvalue weighted by Crippen LogP contribution is 2.17. The van der Waals surface area contributed by atoms with E-state index in [0.29, 0.717) is 19.5 Å². The van der Waals surface area contributed by atoms with Crippen LogP contribution in [-0.2, 0) is 13.0 Å². The largest absolute Gasteiger partial charge is 0.352 e. The third kappa shape index (κ3) is 4.10. The molecule has 0 saturated heterocycles. The van der Waals surface area contributed by atoms with Gasteiger partial charge in [-0.2, -0.15) is 0 Å². The molecular formula is C23H19FN4O2. The maximum absolute atomic E-state index is 14.6. The highest BCUT2D eigenvalue weighted by atomic mass is 19.1. The SMILES string of the molecule is O=C(NCCc1ccncc1)c1cn(Cc2ccncc2)c2c(F)cccc2c1=O. The van der Waals surface area contributed by atoms with Crippen LogP contribution >= 0.6 is 0 Å². The van der Waals surface area contributed by atoms with Gasteiger partial charge in [0.05, 0.1) is 5.52 Å². The van der Waals surface area contributed by atoms with Crippen molar-refractivity contribution in [2.75, 3.05) is 6.54 Å². The van der Waals surface area contributed by atoms with E-state index in [1.807, 2.05) is 12.1 Å². The van der Waals surface area contributed by atoms with E-state index in [9.17, 15) is 14.0 Å². The summed E-state index contributed by atoms with van der Waals surface area (Å²) in [6.07, 6.45) is 8.70. The Morgan fingerprint density at radius 1 is 0.967 bits per heavy atom. The zero-order chi connectivity index (χ0) is 20.9. The molecule has 0 bridgehead atoms. The molecule has 30 heavy (non-hydrogen) atoms. The summed E-state index contributed by atoms with van der Waals surface area (Å²) >= 11 is 0. The molecule has 0 aliphatic heterocycles. The van der Waals surface area contributed by atoms with Crippen LogP contribution in [0.1, 0.15) is 21.5 Å².